The minimum atomic E-state index is -3.32. The Bertz CT molecular complexity index is 601. The lowest BCUT2D eigenvalue weighted by molar-refractivity contribution is -0.119. The number of hydrogen-bond donors (Lipinski definition) is 3. The fraction of sp³-hybridized carbons (Fsp3) is 0.462. The number of benzene rings is 1. The molecule has 2 atom stereocenters. The van der Waals surface area contributed by atoms with E-state index in [1.165, 1.54) is 0 Å². The number of carbonyl (C=O) groups is 1. The normalized spacial score (nSPS) is 22.5. The molecule has 1 aromatic rings. The third-order valence-electron chi connectivity index (χ3n) is 3.30. The highest BCUT2D eigenvalue weighted by Crippen LogP contribution is 2.20. The number of nitrogens with one attached hydrogen (secondary N) is 3. The zero-order valence-corrected chi connectivity index (χ0v) is 12.3. The number of amides is 1. The van der Waals surface area contributed by atoms with E-state index in [9.17, 15) is 13.2 Å². The van der Waals surface area contributed by atoms with Crippen molar-refractivity contribution < 1.29 is 13.2 Å². The summed E-state index contributed by atoms with van der Waals surface area (Å²) in [5, 5.41) is 6.05. The van der Waals surface area contributed by atoms with Gasteiger partial charge < -0.3 is 10.6 Å². The fourth-order valence-corrected chi connectivity index (χ4v) is 2.88. The maximum Gasteiger partial charge on any atom is 0.229 e. The Morgan fingerprint density at radius 2 is 2.05 bits per heavy atom. The van der Waals surface area contributed by atoms with Gasteiger partial charge in [-0.2, -0.15) is 0 Å². The molecule has 3 N–H and O–H groups in total. The van der Waals surface area contributed by atoms with Crippen LogP contribution in [0.4, 0.5) is 11.4 Å². The van der Waals surface area contributed by atoms with E-state index < -0.39 is 10.0 Å². The van der Waals surface area contributed by atoms with Crippen molar-refractivity contribution in [2.45, 2.75) is 19.4 Å². The largest absolute Gasteiger partial charge is 0.326 e. The molecule has 2 rings (SSSR count). The molecule has 0 aromatic heterocycles. The molecule has 1 heterocycles. The molecule has 2 unspecified atom stereocenters. The van der Waals surface area contributed by atoms with Crippen LogP contribution in [0, 0.1) is 5.92 Å². The van der Waals surface area contributed by atoms with Crippen molar-refractivity contribution in [1.82, 2.24) is 5.32 Å². The monoisotopic (exact) mass is 297 g/mol. The van der Waals surface area contributed by atoms with Gasteiger partial charge in [0, 0.05) is 11.7 Å². The number of sulfonamides is 1. The van der Waals surface area contributed by atoms with E-state index in [0.717, 1.165) is 19.2 Å². The second-order valence-electron chi connectivity index (χ2n) is 5.08. The average Bonchev–Trinajstić information content (AvgIpc) is 2.73. The van der Waals surface area contributed by atoms with Crippen molar-refractivity contribution in [2.24, 2.45) is 5.92 Å². The molecule has 0 saturated carbocycles. The molecule has 7 heteroatoms. The summed E-state index contributed by atoms with van der Waals surface area (Å²) in [5.74, 6) is -0.0967. The van der Waals surface area contributed by atoms with Gasteiger partial charge in [0.2, 0.25) is 15.9 Å². The third kappa shape index (κ3) is 3.94. The molecule has 0 radical (unpaired) electrons. The van der Waals surface area contributed by atoms with Crippen LogP contribution in [0.5, 0.6) is 0 Å². The second kappa shape index (κ2) is 5.80. The second-order valence-corrected chi connectivity index (χ2v) is 6.83. The van der Waals surface area contributed by atoms with Crippen molar-refractivity contribution in [3.63, 3.8) is 0 Å². The third-order valence-corrected chi connectivity index (χ3v) is 3.90. The van der Waals surface area contributed by atoms with Gasteiger partial charge in [0.1, 0.15) is 0 Å². The standard InChI is InChI=1S/C13H19N3O3S/c1-9-12(6-7-14-9)13(17)15-10-4-3-5-11(8-10)16-20(2,18)19/h3-5,8-9,12,14,16H,6-7H2,1-2H3,(H,15,17). The Morgan fingerprint density at radius 3 is 2.65 bits per heavy atom. The molecule has 1 fully saturated rings. The fourth-order valence-electron chi connectivity index (χ4n) is 2.33. The van der Waals surface area contributed by atoms with E-state index in [0.29, 0.717) is 11.4 Å². The van der Waals surface area contributed by atoms with Crippen LogP contribution in [0.25, 0.3) is 0 Å². The molecule has 20 heavy (non-hydrogen) atoms. The molecule has 1 saturated heterocycles. The van der Waals surface area contributed by atoms with Crippen LogP contribution in [0.3, 0.4) is 0 Å². The number of anilines is 2. The smallest absolute Gasteiger partial charge is 0.229 e. The lowest BCUT2D eigenvalue weighted by Crippen LogP contribution is -2.32. The zero-order valence-electron chi connectivity index (χ0n) is 11.5. The van der Waals surface area contributed by atoms with Crippen molar-refractivity contribution in [3.8, 4) is 0 Å². The van der Waals surface area contributed by atoms with Gasteiger partial charge in [-0.05, 0) is 38.1 Å². The van der Waals surface area contributed by atoms with Gasteiger partial charge in [-0.3, -0.25) is 9.52 Å². The lowest BCUT2D eigenvalue weighted by atomic mass is 10.0. The van der Waals surface area contributed by atoms with Crippen LogP contribution in [0.15, 0.2) is 24.3 Å². The van der Waals surface area contributed by atoms with E-state index in [2.05, 4.69) is 15.4 Å². The van der Waals surface area contributed by atoms with Crippen LogP contribution in [0.1, 0.15) is 13.3 Å². The van der Waals surface area contributed by atoms with E-state index in [1.807, 2.05) is 6.92 Å². The van der Waals surface area contributed by atoms with E-state index in [4.69, 9.17) is 0 Å². The summed E-state index contributed by atoms with van der Waals surface area (Å²) in [4.78, 5) is 12.1. The van der Waals surface area contributed by atoms with Crippen molar-refractivity contribution >= 4 is 27.3 Å². The number of hydrogen-bond acceptors (Lipinski definition) is 4. The first-order chi connectivity index (χ1) is 9.35. The molecule has 1 amide bonds. The van der Waals surface area contributed by atoms with Gasteiger partial charge in [-0.25, -0.2) is 8.42 Å². The first kappa shape index (κ1) is 14.8. The van der Waals surface area contributed by atoms with Gasteiger partial charge in [-0.15, -0.1) is 0 Å². The molecule has 0 aliphatic carbocycles. The maximum atomic E-state index is 12.1. The highest BCUT2D eigenvalue weighted by atomic mass is 32.2. The average molecular weight is 297 g/mol. The molecule has 0 bridgehead atoms. The Labute approximate surface area is 119 Å². The zero-order chi connectivity index (χ0) is 14.8. The van der Waals surface area contributed by atoms with Crippen molar-refractivity contribution in [2.75, 3.05) is 22.8 Å². The van der Waals surface area contributed by atoms with Gasteiger partial charge >= 0.3 is 0 Å². The lowest BCUT2D eigenvalue weighted by Gasteiger charge is -2.15. The minimum absolute atomic E-state index is 0.0426. The quantitative estimate of drug-likeness (QED) is 0.773. The van der Waals surface area contributed by atoms with Gasteiger partial charge in [0.05, 0.1) is 17.9 Å². The summed E-state index contributed by atoms with van der Waals surface area (Å²) in [6.45, 7) is 2.83. The van der Waals surface area contributed by atoms with Crippen LogP contribution in [0.2, 0.25) is 0 Å². The Morgan fingerprint density at radius 1 is 1.35 bits per heavy atom. The summed E-state index contributed by atoms with van der Waals surface area (Å²) in [7, 11) is -3.32. The van der Waals surface area contributed by atoms with Crippen LogP contribution < -0.4 is 15.4 Å². The highest BCUT2D eigenvalue weighted by Gasteiger charge is 2.29. The summed E-state index contributed by atoms with van der Waals surface area (Å²) in [6, 6.07) is 6.83. The number of rotatable bonds is 4. The van der Waals surface area contributed by atoms with Crippen LogP contribution in [-0.4, -0.2) is 33.2 Å². The summed E-state index contributed by atoms with van der Waals surface area (Å²) in [6.07, 6.45) is 1.90. The maximum absolute atomic E-state index is 12.1. The molecule has 110 valence electrons. The Hall–Kier alpha value is -1.60. The summed E-state index contributed by atoms with van der Waals surface area (Å²) in [5.41, 5.74) is 1.02. The molecular weight excluding hydrogens is 278 g/mol. The van der Waals surface area contributed by atoms with E-state index in [-0.39, 0.29) is 17.9 Å². The SMILES string of the molecule is CC1NCCC1C(=O)Nc1cccc(NS(C)(=O)=O)c1. The molecule has 6 nitrogen and oxygen atoms in total. The van der Waals surface area contributed by atoms with Gasteiger partial charge in [0.15, 0.2) is 0 Å². The van der Waals surface area contributed by atoms with Crippen molar-refractivity contribution in [3.05, 3.63) is 24.3 Å². The molecule has 1 aliphatic rings. The van der Waals surface area contributed by atoms with E-state index in [1.54, 1.807) is 24.3 Å². The predicted molar refractivity (Wildman–Crippen MR) is 79.1 cm³/mol. The summed E-state index contributed by atoms with van der Waals surface area (Å²) >= 11 is 0. The minimum Gasteiger partial charge on any atom is -0.326 e. The summed E-state index contributed by atoms with van der Waals surface area (Å²) < 4.78 is 24.7. The molecule has 1 aliphatic heterocycles. The highest BCUT2D eigenvalue weighted by molar-refractivity contribution is 7.92. The van der Waals surface area contributed by atoms with Gasteiger partial charge in [-0.1, -0.05) is 6.07 Å². The first-order valence-corrected chi connectivity index (χ1v) is 8.36. The van der Waals surface area contributed by atoms with E-state index >= 15 is 0 Å². The molecular formula is C13H19N3O3S. The Balaban J connectivity index is 2.06. The molecule has 1 aromatic carbocycles. The predicted octanol–water partition coefficient (Wildman–Crippen LogP) is 0.995. The van der Waals surface area contributed by atoms with Crippen LogP contribution in [-0.2, 0) is 14.8 Å². The van der Waals surface area contributed by atoms with Gasteiger partial charge in [0.25, 0.3) is 0 Å². The first-order valence-electron chi connectivity index (χ1n) is 6.47. The molecule has 0 spiro atoms. The number of carbonyl (C=O) groups excluding carboxylic acids is 1. The topological polar surface area (TPSA) is 87.3 Å². The van der Waals surface area contributed by atoms with Crippen LogP contribution >= 0.6 is 0 Å². The Kier molecular flexibility index (Phi) is 4.29. The van der Waals surface area contributed by atoms with Crippen molar-refractivity contribution in [1.29, 1.82) is 0 Å².